The highest BCUT2D eigenvalue weighted by molar-refractivity contribution is 5.88. The first-order valence-electron chi connectivity index (χ1n) is 6.61. The Hall–Kier alpha value is -2.08. The van der Waals surface area contributed by atoms with Crippen molar-refractivity contribution >= 4 is 23.3 Å². The molecule has 0 atom stereocenters. The zero-order valence-corrected chi connectivity index (χ0v) is 11.5. The Bertz CT molecular complexity index is 479. The summed E-state index contributed by atoms with van der Waals surface area (Å²) in [5.41, 5.74) is 1.87. The number of aliphatic carboxylic acids is 1. The average Bonchev–Trinajstić information content (AvgIpc) is 2.39. The van der Waals surface area contributed by atoms with E-state index in [0.717, 1.165) is 37.6 Å². The number of piperazine rings is 1. The van der Waals surface area contributed by atoms with Crippen molar-refractivity contribution in [1.29, 1.82) is 0 Å². The van der Waals surface area contributed by atoms with Gasteiger partial charge in [-0.1, -0.05) is 0 Å². The van der Waals surface area contributed by atoms with Gasteiger partial charge < -0.3 is 15.3 Å². The maximum absolute atomic E-state index is 10.9. The Labute approximate surface area is 118 Å². The van der Waals surface area contributed by atoms with E-state index in [-0.39, 0.29) is 12.5 Å². The maximum atomic E-state index is 10.9. The Balaban J connectivity index is 1.90. The molecule has 0 bridgehead atoms. The number of amides is 1. The van der Waals surface area contributed by atoms with E-state index in [1.54, 1.807) is 0 Å². The number of carboxylic acid groups (broad SMARTS) is 1. The molecule has 0 spiro atoms. The standard InChI is InChI=1S/C14H19N3O3/c1-11(18)15-12-2-4-13(5-3-12)17-8-6-16(7-9-17)10-14(19)20/h2-5H,6-10H2,1H3,(H,15,18)(H,19,20). The van der Waals surface area contributed by atoms with Crippen LogP contribution in [-0.2, 0) is 9.59 Å². The van der Waals surface area contributed by atoms with Crippen LogP contribution in [0.5, 0.6) is 0 Å². The van der Waals surface area contributed by atoms with Gasteiger partial charge in [-0.2, -0.15) is 0 Å². The molecular weight excluding hydrogens is 258 g/mol. The molecule has 0 aromatic heterocycles. The predicted molar refractivity (Wildman–Crippen MR) is 77.0 cm³/mol. The number of nitrogens with one attached hydrogen (secondary N) is 1. The van der Waals surface area contributed by atoms with Gasteiger partial charge in [-0.25, -0.2) is 0 Å². The van der Waals surface area contributed by atoms with Gasteiger partial charge in [0, 0.05) is 44.5 Å². The topological polar surface area (TPSA) is 72.9 Å². The van der Waals surface area contributed by atoms with Gasteiger partial charge in [0.2, 0.25) is 5.91 Å². The van der Waals surface area contributed by atoms with Gasteiger partial charge in [-0.3, -0.25) is 14.5 Å². The number of hydrogen-bond donors (Lipinski definition) is 2. The molecule has 1 fully saturated rings. The van der Waals surface area contributed by atoms with Crippen molar-refractivity contribution in [2.24, 2.45) is 0 Å². The number of carbonyl (C=O) groups is 2. The van der Waals surface area contributed by atoms with Crippen LogP contribution in [0.15, 0.2) is 24.3 Å². The third kappa shape index (κ3) is 3.96. The lowest BCUT2D eigenvalue weighted by atomic mass is 10.2. The lowest BCUT2D eigenvalue weighted by Crippen LogP contribution is -2.47. The van der Waals surface area contributed by atoms with Crippen molar-refractivity contribution in [3.63, 3.8) is 0 Å². The number of rotatable bonds is 4. The first-order chi connectivity index (χ1) is 9.54. The van der Waals surface area contributed by atoms with Gasteiger partial charge >= 0.3 is 5.97 Å². The Morgan fingerprint density at radius 1 is 1.15 bits per heavy atom. The quantitative estimate of drug-likeness (QED) is 0.853. The van der Waals surface area contributed by atoms with E-state index >= 15 is 0 Å². The minimum absolute atomic E-state index is 0.0833. The van der Waals surface area contributed by atoms with Crippen LogP contribution in [-0.4, -0.2) is 54.6 Å². The third-order valence-electron chi connectivity index (χ3n) is 3.28. The van der Waals surface area contributed by atoms with Gasteiger partial charge in [-0.05, 0) is 24.3 Å². The maximum Gasteiger partial charge on any atom is 0.317 e. The van der Waals surface area contributed by atoms with Gasteiger partial charge in [0.25, 0.3) is 0 Å². The molecule has 1 aliphatic rings. The molecule has 0 aliphatic carbocycles. The molecule has 1 aromatic carbocycles. The summed E-state index contributed by atoms with van der Waals surface area (Å²) in [5, 5.41) is 11.5. The van der Waals surface area contributed by atoms with Crippen molar-refractivity contribution in [2.75, 3.05) is 42.9 Å². The molecule has 2 rings (SSSR count). The zero-order chi connectivity index (χ0) is 14.5. The van der Waals surface area contributed by atoms with Gasteiger partial charge in [0.05, 0.1) is 6.54 Å². The average molecular weight is 277 g/mol. The normalized spacial score (nSPS) is 15.9. The summed E-state index contributed by atoms with van der Waals surface area (Å²) in [5.74, 6) is -0.863. The summed E-state index contributed by atoms with van der Waals surface area (Å²) in [7, 11) is 0. The minimum atomic E-state index is -0.780. The SMILES string of the molecule is CC(=O)Nc1ccc(N2CCN(CC(=O)O)CC2)cc1. The van der Waals surface area contributed by atoms with Gasteiger partial charge in [-0.15, -0.1) is 0 Å². The van der Waals surface area contributed by atoms with Crippen LogP contribution in [0.25, 0.3) is 0 Å². The number of nitrogens with zero attached hydrogens (tertiary/aromatic N) is 2. The fraction of sp³-hybridized carbons (Fsp3) is 0.429. The van der Waals surface area contributed by atoms with E-state index < -0.39 is 5.97 Å². The van der Waals surface area contributed by atoms with E-state index in [1.165, 1.54) is 6.92 Å². The van der Waals surface area contributed by atoms with E-state index in [4.69, 9.17) is 5.11 Å². The fourth-order valence-electron chi connectivity index (χ4n) is 2.31. The summed E-state index contributed by atoms with van der Waals surface area (Å²) in [6, 6.07) is 7.69. The third-order valence-corrected chi connectivity index (χ3v) is 3.28. The Kier molecular flexibility index (Phi) is 4.57. The van der Waals surface area contributed by atoms with Gasteiger partial charge in [0.1, 0.15) is 0 Å². The first kappa shape index (κ1) is 14.3. The molecule has 0 unspecified atom stereocenters. The smallest absolute Gasteiger partial charge is 0.317 e. The van der Waals surface area contributed by atoms with Crippen LogP contribution in [0.3, 0.4) is 0 Å². The summed E-state index contributed by atoms with van der Waals surface area (Å²) < 4.78 is 0. The second-order valence-electron chi connectivity index (χ2n) is 4.88. The van der Waals surface area contributed by atoms with Crippen LogP contribution >= 0.6 is 0 Å². The largest absolute Gasteiger partial charge is 0.480 e. The molecular formula is C14H19N3O3. The number of carboxylic acids is 1. The number of anilines is 2. The van der Waals surface area contributed by atoms with Gasteiger partial charge in [0.15, 0.2) is 0 Å². The highest BCUT2D eigenvalue weighted by atomic mass is 16.4. The first-order valence-corrected chi connectivity index (χ1v) is 6.61. The van der Waals surface area contributed by atoms with Crippen LogP contribution in [0.1, 0.15) is 6.92 Å². The Morgan fingerprint density at radius 3 is 2.25 bits per heavy atom. The summed E-state index contributed by atoms with van der Waals surface area (Å²) in [6.45, 7) is 4.71. The zero-order valence-electron chi connectivity index (χ0n) is 11.5. The van der Waals surface area contributed by atoms with Crippen LogP contribution < -0.4 is 10.2 Å². The highest BCUT2D eigenvalue weighted by Gasteiger charge is 2.18. The van der Waals surface area contributed by atoms with Crippen molar-refractivity contribution in [3.05, 3.63) is 24.3 Å². The lowest BCUT2D eigenvalue weighted by Gasteiger charge is -2.35. The van der Waals surface area contributed by atoms with E-state index in [2.05, 4.69) is 10.2 Å². The van der Waals surface area contributed by atoms with Crippen LogP contribution in [0, 0.1) is 0 Å². The van der Waals surface area contributed by atoms with E-state index in [0.29, 0.717) is 0 Å². The monoisotopic (exact) mass is 277 g/mol. The summed E-state index contributed by atoms with van der Waals surface area (Å²) in [4.78, 5) is 25.8. The molecule has 0 saturated carbocycles. The second-order valence-corrected chi connectivity index (χ2v) is 4.88. The van der Waals surface area contributed by atoms with Crippen molar-refractivity contribution in [3.8, 4) is 0 Å². The molecule has 2 N–H and O–H groups in total. The molecule has 1 aromatic rings. The molecule has 1 heterocycles. The van der Waals surface area contributed by atoms with Crippen LogP contribution in [0.2, 0.25) is 0 Å². The molecule has 1 amide bonds. The molecule has 20 heavy (non-hydrogen) atoms. The summed E-state index contributed by atoms with van der Waals surface area (Å²) in [6.07, 6.45) is 0. The summed E-state index contributed by atoms with van der Waals surface area (Å²) >= 11 is 0. The lowest BCUT2D eigenvalue weighted by molar-refractivity contribution is -0.138. The van der Waals surface area contributed by atoms with E-state index in [9.17, 15) is 9.59 Å². The molecule has 6 heteroatoms. The molecule has 1 saturated heterocycles. The molecule has 1 aliphatic heterocycles. The minimum Gasteiger partial charge on any atom is -0.480 e. The highest BCUT2D eigenvalue weighted by Crippen LogP contribution is 2.19. The van der Waals surface area contributed by atoms with Crippen LogP contribution in [0.4, 0.5) is 11.4 Å². The number of benzene rings is 1. The molecule has 6 nitrogen and oxygen atoms in total. The number of carbonyl (C=O) groups excluding carboxylic acids is 1. The predicted octanol–water partition coefficient (Wildman–Crippen LogP) is 0.852. The second kappa shape index (κ2) is 6.38. The van der Waals surface area contributed by atoms with E-state index in [1.807, 2.05) is 29.2 Å². The van der Waals surface area contributed by atoms with Crippen molar-refractivity contribution < 1.29 is 14.7 Å². The Morgan fingerprint density at radius 2 is 1.75 bits per heavy atom. The fourth-order valence-corrected chi connectivity index (χ4v) is 2.31. The molecule has 0 radical (unpaired) electrons. The molecule has 108 valence electrons. The number of hydrogen-bond acceptors (Lipinski definition) is 4. The van der Waals surface area contributed by atoms with Crippen molar-refractivity contribution in [1.82, 2.24) is 4.90 Å². The van der Waals surface area contributed by atoms with Crippen molar-refractivity contribution in [2.45, 2.75) is 6.92 Å².